The predicted octanol–water partition coefficient (Wildman–Crippen LogP) is 9.78. The van der Waals surface area contributed by atoms with Crippen molar-refractivity contribution in [2.45, 2.75) is 0 Å². The van der Waals surface area contributed by atoms with Gasteiger partial charge in [0, 0.05) is 43.7 Å². The second kappa shape index (κ2) is 7.62. The van der Waals surface area contributed by atoms with Gasteiger partial charge in [-0.25, -0.2) is 0 Å². The van der Waals surface area contributed by atoms with E-state index in [-0.39, 0.29) is 0 Å². The fourth-order valence-corrected chi connectivity index (χ4v) is 6.49. The molecule has 3 heterocycles. The normalized spacial score (nSPS) is 12.1. The van der Waals surface area contributed by atoms with Gasteiger partial charge in [0.15, 0.2) is 5.58 Å². The van der Waals surface area contributed by atoms with Crippen LogP contribution in [0.4, 0.5) is 0 Å². The average molecular weight is 499 g/mol. The molecule has 0 atom stereocenters. The van der Waals surface area contributed by atoms with E-state index in [1.807, 2.05) is 6.07 Å². The second-order valence-electron chi connectivity index (χ2n) is 10.2. The molecule has 0 amide bonds. The maximum Gasteiger partial charge on any atom is 0.160 e. The van der Waals surface area contributed by atoms with Crippen molar-refractivity contribution in [1.29, 1.82) is 0 Å². The maximum atomic E-state index is 6.62. The van der Waals surface area contributed by atoms with Gasteiger partial charge in [0.2, 0.25) is 0 Å². The molecule has 0 aliphatic rings. The zero-order chi connectivity index (χ0) is 25.5. The Morgan fingerprint density at radius 1 is 0.359 bits per heavy atom. The number of hydrogen-bond acceptors (Lipinski definition) is 1. The van der Waals surface area contributed by atoms with Crippen LogP contribution >= 0.6 is 0 Å². The van der Waals surface area contributed by atoms with Crippen LogP contribution in [0, 0.1) is 0 Å². The Labute approximate surface area is 223 Å². The van der Waals surface area contributed by atoms with Gasteiger partial charge >= 0.3 is 0 Å². The standard InChI is InChI=1S/C36H22N2O/c1-3-11-23(12-4-1)37-31-17-9-7-15-25(31)27-19-20-28-29-21-22-30-26-16-8-10-18-32(26)39-36(30)35(29)38(34(28)33(27)37)24-13-5-2-6-14-24/h1-22H. The molecule has 0 spiro atoms. The van der Waals surface area contributed by atoms with E-state index in [2.05, 4.69) is 137 Å². The summed E-state index contributed by atoms with van der Waals surface area (Å²) in [6, 6.07) is 47.5. The maximum absolute atomic E-state index is 6.62. The van der Waals surface area contributed by atoms with Gasteiger partial charge in [-0.2, -0.15) is 0 Å². The number of furan rings is 1. The summed E-state index contributed by atoms with van der Waals surface area (Å²) in [5.74, 6) is 0. The molecule has 0 aliphatic heterocycles. The highest BCUT2D eigenvalue weighted by molar-refractivity contribution is 6.27. The van der Waals surface area contributed by atoms with Gasteiger partial charge in [0.05, 0.1) is 22.1 Å². The zero-order valence-corrected chi connectivity index (χ0v) is 21.0. The van der Waals surface area contributed by atoms with Crippen LogP contribution in [0.3, 0.4) is 0 Å². The van der Waals surface area contributed by atoms with Crippen LogP contribution in [0.5, 0.6) is 0 Å². The number of nitrogens with zero attached hydrogens (tertiary/aromatic N) is 2. The summed E-state index contributed by atoms with van der Waals surface area (Å²) >= 11 is 0. The molecule has 0 saturated carbocycles. The molecule has 3 aromatic heterocycles. The van der Waals surface area contributed by atoms with Crippen LogP contribution in [0.1, 0.15) is 0 Å². The summed E-state index contributed by atoms with van der Waals surface area (Å²) in [6.45, 7) is 0. The number of hydrogen-bond donors (Lipinski definition) is 0. The molecule has 0 aliphatic carbocycles. The predicted molar refractivity (Wildman–Crippen MR) is 162 cm³/mol. The number of benzene rings is 6. The molecule has 3 nitrogen and oxygen atoms in total. The highest BCUT2D eigenvalue weighted by Gasteiger charge is 2.23. The van der Waals surface area contributed by atoms with Gasteiger partial charge in [0.25, 0.3) is 0 Å². The topological polar surface area (TPSA) is 23.0 Å². The number of aromatic nitrogens is 2. The SMILES string of the molecule is c1ccc(-n2c3ccccc3c3ccc4c5ccc6c7ccccc7oc6c5n(-c5ccccc5)c4c32)cc1. The van der Waals surface area contributed by atoms with E-state index >= 15 is 0 Å². The lowest BCUT2D eigenvalue weighted by Gasteiger charge is -2.12. The Bertz CT molecular complexity index is 2370. The van der Waals surface area contributed by atoms with Crippen molar-refractivity contribution in [3.05, 3.63) is 133 Å². The summed E-state index contributed by atoms with van der Waals surface area (Å²) in [5, 5.41) is 7.16. The number of fused-ring (bicyclic) bond motifs is 11. The van der Waals surface area contributed by atoms with Crippen LogP contribution < -0.4 is 0 Å². The molecule has 0 N–H and O–H groups in total. The van der Waals surface area contributed by atoms with Crippen molar-refractivity contribution >= 4 is 65.6 Å². The zero-order valence-electron chi connectivity index (χ0n) is 21.0. The largest absolute Gasteiger partial charge is 0.454 e. The number of rotatable bonds is 2. The molecule has 9 aromatic rings. The lowest BCUT2D eigenvalue weighted by molar-refractivity contribution is 0.671. The fraction of sp³-hybridized carbons (Fsp3) is 0. The highest BCUT2D eigenvalue weighted by Crippen LogP contribution is 2.44. The van der Waals surface area contributed by atoms with Gasteiger partial charge in [-0.15, -0.1) is 0 Å². The van der Waals surface area contributed by atoms with Gasteiger partial charge in [-0.3, -0.25) is 0 Å². The lowest BCUT2D eigenvalue weighted by Crippen LogP contribution is -1.98. The van der Waals surface area contributed by atoms with Crippen molar-refractivity contribution in [2.24, 2.45) is 0 Å². The first-order valence-electron chi connectivity index (χ1n) is 13.3. The average Bonchev–Trinajstić information content (AvgIpc) is 3.65. The molecule has 182 valence electrons. The Hall–Kier alpha value is -5.28. The van der Waals surface area contributed by atoms with E-state index in [9.17, 15) is 0 Å². The number of para-hydroxylation sites is 4. The molecule has 6 aromatic carbocycles. The Balaban J connectivity index is 1.60. The third-order valence-corrected chi connectivity index (χ3v) is 8.10. The van der Waals surface area contributed by atoms with Gasteiger partial charge < -0.3 is 13.6 Å². The molecule has 9 rings (SSSR count). The molecule has 0 radical (unpaired) electrons. The van der Waals surface area contributed by atoms with E-state index in [1.54, 1.807) is 0 Å². The van der Waals surface area contributed by atoms with E-state index in [0.717, 1.165) is 38.8 Å². The third-order valence-electron chi connectivity index (χ3n) is 8.10. The smallest absolute Gasteiger partial charge is 0.160 e. The first-order valence-corrected chi connectivity index (χ1v) is 13.3. The summed E-state index contributed by atoms with van der Waals surface area (Å²) in [6.07, 6.45) is 0. The van der Waals surface area contributed by atoms with Crippen molar-refractivity contribution in [3.63, 3.8) is 0 Å². The van der Waals surface area contributed by atoms with E-state index in [4.69, 9.17) is 4.42 Å². The fourth-order valence-electron chi connectivity index (χ4n) is 6.49. The second-order valence-corrected chi connectivity index (χ2v) is 10.2. The first-order chi connectivity index (χ1) is 19.4. The summed E-state index contributed by atoms with van der Waals surface area (Å²) in [5.41, 5.74) is 8.77. The van der Waals surface area contributed by atoms with Crippen LogP contribution in [-0.2, 0) is 0 Å². The molecule has 0 bridgehead atoms. The van der Waals surface area contributed by atoms with Gasteiger partial charge in [-0.05, 0) is 42.5 Å². The monoisotopic (exact) mass is 498 g/mol. The van der Waals surface area contributed by atoms with Crippen LogP contribution in [-0.4, -0.2) is 9.13 Å². The van der Waals surface area contributed by atoms with Crippen molar-refractivity contribution in [1.82, 2.24) is 9.13 Å². The Morgan fingerprint density at radius 3 is 1.62 bits per heavy atom. The molecule has 3 heteroatoms. The van der Waals surface area contributed by atoms with Gasteiger partial charge in [-0.1, -0.05) is 91.0 Å². The molecule has 0 fully saturated rings. The Kier molecular flexibility index (Phi) is 4.05. The van der Waals surface area contributed by atoms with Crippen molar-refractivity contribution in [3.8, 4) is 11.4 Å². The minimum Gasteiger partial charge on any atom is -0.454 e. The molecular weight excluding hydrogens is 476 g/mol. The molecule has 0 unspecified atom stereocenters. The Morgan fingerprint density at radius 2 is 0.872 bits per heavy atom. The van der Waals surface area contributed by atoms with Crippen LogP contribution in [0.2, 0.25) is 0 Å². The lowest BCUT2D eigenvalue weighted by atomic mass is 10.1. The van der Waals surface area contributed by atoms with Crippen molar-refractivity contribution in [2.75, 3.05) is 0 Å². The molecular formula is C36H22N2O. The summed E-state index contributed by atoms with van der Waals surface area (Å²) < 4.78 is 11.4. The molecule has 39 heavy (non-hydrogen) atoms. The van der Waals surface area contributed by atoms with Crippen LogP contribution in [0.25, 0.3) is 76.9 Å². The highest BCUT2D eigenvalue weighted by atomic mass is 16.3. The molecule has 0 saturated heterocycles. The summed E-state index contributed by atoms with van der Waals surface area (Å²) in [7, 11) is 0. The van der Waals surface area contributed by atoms with E-state index in [1.165, 1.54) is 38.1 Å². The van der Waals surface area contributed by atoms with Crippen LogP contribution in [0.15, 0.2) is 138 Å². The minimum absolute atomic E-state index is 0.911. The van der Waals surface area contributed by atoms with Crippen molar-refractivity contribution < 1.29 is 4.42 Å². The minimum atomic E-state index is 0.911. The van der Waals surface area contributed by atoms with Gasteiger partial charge in [0.1, 0.15) is 5.58 Å². The van der Waals surface area contributed by atoms with E-state index in [0.29, 0.717) is 0 Å². The third kappa shape index (κ3) is 2.71. The quantitative estimate of drug-likeness (QED) is 0.233. The van der Waals surface area contributed by atoms with E-state index < -0.39 is 0 Å². The summed E-state index contributed by atoms with van der Waals surface area (Å²) in [4.78, 5) is 0. The first kappa shape index (κ1) is 20.7.